The van der Waals surface area contributed by atoms with E-state index in [1.54, 1.807) is 0 Å². The molecule has 2 aromatic carbocycles. The lowest BCUT2D eigenvalue weighted by Gasteiger charge is -2.19. The highest BCUT2D eigenvalue weighted by Gasteiger charge is 2.30. The number of hydrogen-bond donors (Lipinski definition) is 1. The summed E-state index contributed by atoms with van der Waals surface area (Å²) >= 11 is 0. The van der Waals surface area contributed by atoms with Crippen LogP contribution in [0.1, 0.15) is 49.0 Å². The van der Waals surface area contributed by atoms with Crippen molar-refractivity contribution < 1.29 is 9.63 Å². The van der Waals surface area contributed by atoms with Crippen LogP contribution in [0.5, 0.6) is 5.75 Å². The molecular formula is C25H23N3O3. The van der Waals surface area contributed by atoms with E-state index in [0.717, 1.165) is 35.3 Å². The Kier molecular flexibility index (Phi) is 4.90. The molecule has 4 aromatic rings. The molecule has 0 aliphatic heterocycles. The summed E-state index contributed by atoms with van der Waals surface area (Å²) in [6.45, 7) is 2.02. The second kappa shape index (κ2) is 7.87. The van der Waals surface area contributed by atoms with Gasteiger partial charge in [-0.05, 0) is 36.1 Å². The highest BCUT2D eigenvalue weighted by Crippen LogP contribution is 2.39. The number of rotatable bonds is 6. The molecule has 5 rings (SSSR count). The maximum Gasteiger partial charge on any atom is 0.229 e. The molecule has 6 heteroatoms. The molecule has 0 bridgehead atoms. The average Bonchev–Trinajstić information content (AvgIpc) is 3.55. The molecule has 1 fully saturated rings. The predicted molar refractivity (Wildman–Crippen MR) is 118 cm³/mol. The van der Waals surface area contributed by atoms with Crippen LogP contribution in [0.4, 0.5) is 0 Å². The smallest absolute Gasteiger partial charge is 0.229 e. The summed E-state index contributed by atoms with van der Waals surface area (Å²) in [4.78, 5) is 16.8. The average molecular weight is 413 g/mol. The van der Waals surface area contributed by atoms with Gasteiger partial charge in [-0.3, -0.25) is 4.79 Å². The second-order valence-electron chi connectivity index (χ2n) is 8.16. The molecule has 0 saturated heterocycles. The molecule has 0 spiro atoms. The number of aromatic hydroxyl groups is 1. The summed E-state index contributed by atoms with van der Waals surface area (Å²) in [6, 6.07) is 19.6. The van der Waals surface area contributed by atoms with Gasteiger partial charge in [-0.1, -0.05) is 54.5 Å². The topological polar surface area (TPSA) is 81.2 Å². The van der Waals surface area contributed by atoms with Gasteiger partial charge in [0.15, 0.2) is 11.6 Å². The van der Waals surface area contributed by atoms with E-state index in [1.807, 2.05) is 47.9 Å². The normalized spacial score (nSPS) is 14.5. The van der Waals surface area contributed by atoms with E-state index in [0.29, 0.717) is 24.1 Å². The maximum atomic E-state index is 12.3. The van der Waals surface area contributed by atoms with Crippen LogP contribution in [-0.4, -0.2) is 19.8 Å². The molecular weight excluding hydrogens is 390 g/mol. The van der Waals surface area contributed by atoms with Crippen LogP contribution in [0.3, 0.4) is 0 Å². The first-order valence-electron chi connectivity index (χ1n) is 10.5. The molecule has 2 aromatic heterocycles. The largest absolute Gasteiger partial charge is 0.503 e. The van der Waals surface area contributed by atoms with E-state index >= 15 is 0 Å². The third kappa shape index (κ3) is 4.01. The standard InChI is InChI=1S/C25H23N3O3/c1-16(12-24-26-25(31-27-24)18-10-11-18)21-14-22(29)23(30)15-28(21)20-9-5-8-19(13-20)17-6-3-2-4-7-17/h2-9,13-16,18,30H,10-12H2,1H3. The van der Waals surface area contributed by atoms with Crippen molar-refractivity contribution in [3.05, 3.63) is 94.5 Å². The lowest BCUT2D eigenvalue weighted by molar-refractivity contribution is 0.373. The van der Waals surface area contributed by atoms with Crippen molar-refractivity contribution in [2.45, 2.75) is 38.0 Å². The molecule has 1 unspecified atom stereocenters. The monoisotopic (exact) mass is 413 g/mol. The lowest BCUT2D eigenvalue weighted by Crippen LogP contribution is -2.15. The first kappa shape index (κ1) is 19.3. The van der Waals surface area contributed by atoms with E-state index < -0.39 is 5.43 Å². The lowest BCUT2D eigenvalue weighted by atomic mass is 10.0. The Labute approximate surface area is 179 Å². The summed E-state index contributed by atoms with van der Waals surface area (Å²) in [5, 5.41) is 14.3. The van der Waals surface area contributed by atoms with Gasteiger partial charge in [0, 0.05) is 35.7 Å². The second-order valence-corrected chi connectivity index (χ2v) is 8.16. The van der Waals surface area contributed by atoms with Gasteiger partial charge in [0.25, 0.3) is 0 Å². The van der Waals surface area contributed by atoms with Crippen LogP contribution in [0.15, 0.2) is 76.2 Å². The molecule has 0 radical (unpaired) electrons. The number of aromatic nitrogens is 3. The summed E-state index contributed by atoms with van der Waals surface area (Å²) in [7, 11) is 0. The minimum atomic E-state index is -0.399. The van der Waals surface area contributed by atoms with Crippen LogP contribution in [0.2, 0.25) is 0 Å². The van der Waals surface area contributed by atoms with Gasteiger partial charge < -0.3 is 14.2 Å². The zero-order chi connectivity index (χ0) is 21.4. The molecule has 1 N–H and O–H groups in total. The third-order valence-electron chi connectivity index (χ3n) is 5.70. The van der Waals surface area contributed by atoms with E-state index in [1.165, 1.54) is 12.3 Å². The fourth-order valence-corrected chi connectivity index (χ4v) is 3.83. The molecule has 0 amide bonds. The fourth-order valence-electron chi connectivity index (χ4n) is 3.83. The van der Waals surface area contributed by atoms with Crippen molar-refractivity contribution in [2.24, 2.45) is 0 Å². The molecule has 156 valence electrons. The van der Waals surface area contributed by atoms with Crippen LogP contribution < -0.4 is 5.43 Å². The summed E-state index contributed by atoms with van der Waals surface area (Å²) < 4.78 is 7.25. The minimum Gasteiger partial charge on any atom is -0.503 e. The van der Waals surface area contributed by atoms with E-state index in [2.05, 4.69) is 28.3 Å². The Morgan fingerprint density at radius 1 is 1.10 bits per heavy atom. The van der Waals surface area contributed by atoms with Crippen LogP contribution >= 0.6 is 0 Å². The first-order chi connectivity index (χ1) is 15.1. The number of benzene rings is 2. The molecule has 6 nitrogen and oxygen atoms in total. The summed E-state index contributed by atoms with van der Waals surface area (Å²) in [5.74, 6) is 1.42. The summed E-state index contributed by atoms with van der Waals surface area (Å²) in [5.41, 5.74) is 3.41. The van der Waals surface area contributed by atoms with Gasteiger partial charge in [0.2, 0.25) is 11.3 Å². The van der Waals surface area contributed by atoms with Crippen molar-refractivity contribution in [3.63, 3.8) is 0 Å². The van der Waals surface area contributed by atoms with E-state index in [9.17, 15) is 9.90 Å². The van der Waals surface area contributed by atoms with Gasteiger partial charge in [0.1, 0.15) is 0 Å². The predicted octanol–water partition coefficient (Wildman–Crippen LogP) is 4.82. The fraction of sp³-hybridized carbons (Fsp3) is 0.240. The number of pyridine rings is 1. The summed E-state index contributed by atoms with van der Waals surface area (Å²) in [6.07, 6.45) is 4.24. The Bertz CT molecular complexity index is 1270. The Morgan fingerprint density at radius 2 is 1.87 bits per heavy atom. The Hall–Kier alpha value is -3.67. The zero-order valence-corrected chi connectivity index (χ0v) is 17.2. The zero-order valence-electron chi connectivity index (χ0n) is 17.2. The number of hydrogen-bond acceptors (Lipinski definition) is 5. The number of nitrogens with zero attached hydrogens (tertiary/aromatic N) is 3. The van der Waals surface area contributed by atoms with Gasteiger partial charge >= 0.3 is 0 Å². The SMILES string of the molecule is CC(Cc1noc(C2CC2)n1)c1cc(=O)c(O)cn1-c1cccc(-c2ccccc2)c1. The third-order valence-corrected chi connectivity index (χ3v) is 5.70. The van der Waals surface area contributed by atoms with Crippen LogP contribution in [0, 0.1) is 0 Å². The molecule has 1 saturated carbocycles. The van der Waals surface area contributed by atoms with E-state index in [4.69, 9.17) is 4.52 Å². The highest BCUT2D eigenvalue weighted by atomic mass is 16.5. The van der Waals surface area contributed by atoms with E-state index in [-0.39, 0.29) is 11.7 Å². The molecule has 1 aliphatic rings. The van der Waals surface area contributed by atoms with Gasteiger partial charge in [0.05, 0.1) is 6.20 Å². The van der Waals surface area contributed by atoms with Crippen molar-refractivity contribution in [1.82, 2.24) is 14.7 Å². The Balaban J connectivity index is 1.51. The van der Waals surface area contributed by atoms with Crippen molar-refractivity contribution in [1.29, 1.82) is 0 Å². The maximum absolute atomic E-state index is 12.3. The molecule has 2 heterocycles. The molecule has 31 heavy (non-hydrogen) atoms. The van der Waals surface area contributed by atoms with Gasteiger partial charge in [-0.25, -0.2) is 0 Å². The van der Waals surface area contributed by atoms with Crippen LogP contribution in [-0.2, 0) is 6.42 Å². The molecule has 1 aliphatic carbocycles. The van der Waals surface area contributed by atoms with Gasteiger partial charge in [-0.15, -0.1) is 0 Å². The minimum absolute atomic E-state index is 0.0571. The Morgan fingerprint density at radius 3 is 2.65 bits per heavy atom. The van der Waals surface area contributed by atoms with Crippen molar-refractivity contribution >= 4 is 0 Å². The first-order valence-corrected chi connectivity index (χ1v) is 10.5. The van der Waals surface area contributed by atoms with Crippen molar-refractivity contribution in [2.75, 3.05) is 0 Å². The van der Waals surface area contributed by atoms with Gasteiger partial charge in [-0.2, -0.15) is 4.98 Å². The quantitative estimate of drug-likeness (QED) is 0.490. The highest BCUT2D eigenvalue weighted by molar-refractivity contribution is 5.66. The van der Waals surface area contributed by atoms with Crippen molar-refractivity contribution in [3.8, 4) is 22.6 Å². The van der Waals surface area contributed by atoms with Crippen LogP contribution in [0.25, 0.3) is 16.8 Å². The molecule has 1 atom stereocenters.